The Bertz CT molecular complexity index is 798. The van der Waals surface area contributed by atoms with E-state index in [-0.39, 0.29) is 11.6 Å². The van der Waals surface area contributed by atoms with Crippen LogP contribution in [0.15, 0.2) is 36.7 Å². The molecule has 2 aromatic rings. The molecule has 0 saturated carbocycles. The molecule has 1 aromatic heterocycles. The molecule has 8 nitrogen and oxygen atoms in total. The number of nitrogens with one attached hydrogen (secondary N) is 2. The third-order valence-electron chi connectivity index (χ3n) is 4.03. The molecule has 1 aromatic carbocycles. The lowest BCUT2D eigenvalue weighted by Crippen LogP contribution is -2.39. The lowest BCUT2D eigenvalue weighted by molar-refractivity contribution is 0.0398. The van der Waals surface area contributed by atoms with Crippen molar-refractivity contribution in [2.75, 3.05) is 50.0 Å². The number of anilines is 2. The van der Waals surface area contributed by atoms with Crippen molar-refractivity contribution >= 4 is 17.4 Å². The number of nitrogens with zero attached hydrogens (tertiary/aromatic N) is 4. The number of benzene rings is 1. The van der Waals surface area contributed by atoms with Crippen molar-refractivity contribution in [2.45, 2.75) is 0 Å². The normalized spacial score (nSPS) is 14.4. The molecular formula is C18H20N6O2. The highest BCUT2D eigenvalue weighted by molar-refractivity contribution is 6.03. The summed E-state index contributed by atoms with van der Waals surface area (Å²) in [7, 11) is 0. The van der Waals surface area contributed by atoms with Crippen LogP contribution >= 0.6 is 0 Å². The van der Waals surface area contributed by atoms with Gasteiger partial charge in [0.2, 0.25) is 0 Å². The number of carbonyl (C=O) groups excluding carboxylic acids is 1. The van der Waals surface area contributed by atoms with Gasteiger partial charge in [-0.15, -0.1) is 0 Å². The number of morpholine rings is 1. The van der Waals surface area contributed by atoms with Crippen LogP contribution in [-0.4, -0.2) is 60.2 Å². The summed E-state index contributed by atoms with van der Waals surface area (Å²) in [6.07, 6.45) is 1.35. The number of hydrogen-bond donors (Lipinski definition) is 2. The zero-order chi connectivity index (χ0) is 18.2. The molecule has 1 fully saturated rings. The van der Waals surface area contributed by atoms with Gasteiger partial charge in [0, 0.05) is 32.2 Å². The molecule has 0 unspecified atom stereocenters. The van der Waals surface area contributed by atoms with Crippen LogP contribution in [0.2, 0.25) is 0 Å². The Morgan fingerprint density at radius 2 is 2.08 bits per heavy atom. The standard InChI is InChI=1S/C18H20N6O2/c19-12-14-3-1-2-4-15(14)23-18(25)16-11-17(22-13-21-16)20-5-6-24-7-9-26-10-8-24/h1-4,11,13H,5-10H2,(H,23,25)(H,20,21,22). The summed E-state index contributed by atoms with van der Waals surface area (Å²) in [5, 5.41) is 15.0. The number of amides is 1. The smallest absolute Gasteiger partial charge is 0.274 e. The molecular weight excluding hydrogens is 332 g/mol. The molecule has 2 N–H and O–H groups in total. The number of para-hydroxylation sites is 1. The van der Waals surface area contributed by atoms with E-state index in [2.05, 4.69) is 25.5 Å². The number of ether oxygens (including phenoxy) is 1. The van der Waals surface area contributed by atoms with E-state index in [9.17, 15) is 4.79 Å². The average molecular weight is 352 g/mol. The molecule has 1 aliphatic rings. The van der Waals surface area contributed by atoms with E-state index in [0.29, 0.717) is 17.1 Å². The Balaban J connectivity index is 1.57. The molecule has 0 aliphatic carbocycles. The van der Waals surface area contributed by atoms with Crippen molar-refractivity contribution in [3.63, 3.8) is 0 Å². The second kappa shape index (κ2) is 8.89. The summed E-state index contributed by atoms with van der Waals surface area (Å²) in [6.45, 7) is 4.98. The van der Waals surface area contributed by atoms with E-state index in [1.165, 1.54) is 6.33 Å². The number of nitriles is 1. The Morgan fingerprint density at radius 1 is 1.27 bits per heavy atom. The first-order chi connectivity index (χ1) is 12.8. The zero-order valence-electron chi connectivity index (χ0n) is 14.3. The van der Waals surface area contributed by atoms with Crippen molar-refractivity contribution in [1.29, 1.82) is 5.26 Å². The molecule has 26 heavy (non-hydrogen) atoms. The summed E-state index contributed by atoms with van der Waals surface area (Å²) in [4.78, 5) is 22.9. The minimum absolute atomic E-state index is 0.238. The third kappa shape index (κ3) is 4.75. The van der Waals surface area contributed by atoms with Crippen molar-refractivity contribution in [1.82, 2.24) is 14.9 Å². The van der Waals surface area contributed by atoms with Crippen LogP contribution in [0.3, 0.4) is 0 Å². The predicted octanol–water partition coefficient (Wildman–Crippen LogP) is 1.34. The maximum absolute atomic E-state index is 12.4. The molecule has 1 saturated heterocycles. The van der Waals surface area contributed by atoms with Crippen molar-refractivity contribution in [3.05, 3.63) is 47.9 Å². The van der Waals surface area contributed by atoms with Crippen LogP contribution in [-0.2, 0) is 4.74 Å². The highest BCUT2D eigenvalue weighted by atomic mass is 16.5. The fraction of sp³-hybridized carbons (Fsp3) is 0.333. The van der Waals surface area contributed by atoms with Gasteiger partial charge in [-0.1, -0.05) is 12.1 Å². The Labute approximate surface area is 151 Å². The number of carbonyl (C=O) groups is 1. The molecule has 1 aliphatic heterocycles. The van der Waals surface area contributed by atoms with Gasteiger partial charge < -0.3 is 15.4 Å². The number of aromatic nitrogens is 2. The van der Waals surface area contributed by atoms with Crippen LogP contribution in [0.4, 0.5) is 11.5 Å². The van der Waals surface area contributed by atoms with Crippen molar-refractivity contribution < 1.29 is 9.53 Å². The second-order valence-corrected chi connectivity index (χ2v) is 5.78. The Kier molecular flexibility index (Phi) is 6.09. The highest BCUT2D eigenvalue weighted by Gasteiger charge is 2.12. The summed E-state index contributed by atoms with van der Waals surface area (Å²) in [6, 6.07) is 10.5. The molecule has 134 valence electrons. The zero-order valence-corrected chi connectivity index (χ0v) is 14.3. The monoisotopic (exact) mass is 352 g/mol. The molecule has 0 radical (unpaired) electrons. The van der Waals surface area contributed by atoms with Crippen molar-refractivity contribution in [2.24, 2.45) is 0 Å². The van der Waals surface area contributed by atoms with Gasteiger partial charge in [0.05, 0.1) is 24.5 Å². The average Bonchev–Trinajstić information content (AvgIpc) is 2.69. The largest absolute Gasteiger partial charge is 0.379 e. The fourth-order valence-corrected chi connectivity index (χ4v) is 2.62. The van der Waals surface area contributed by atoms with E-state index in [4.69, 9.17) is 10.00 Å². The van der Waals surface area contributed by atoms with Gasteiger partial charge >= 0.3 is 0 Å². The van der Waals surface area contributed by atoms with E-state index in [1.54, 1.807) is 30.3 Å². The third-order valence-corrected chi connectivity index (χ3v) is 4.03. The number of rotatable bonds is 6. The molecule has 3 rings (SSSR count). The quantitative estimate of drug-likeness (QED) is 0.809. The lowest BCUT2D eigenvalue weighted by Gasteiger charge is -2.26. The summed E-state index contributed by atoms with van der Waals surface area (Å²) in [5.74, 6) is 0.207. The molecule has 1 amide bonds. The first kappa shape index (κ1) is 17.8. The minimum Gasteiger partial charge on any atom is -0.379 e. The predicted molar refractivity (Wildman–Crippen MR) is 96.9 cm³/mol. The van der Waals surface area contributed by atoms with Gasteiger partial charge in [0.1, 0.15) is 23.9 Å². The van der Waals surface area contributed by atoms with E-state index in [0.717, 1.165) is 39.4 Å². The van der Waals surface area contributed by atoms with Gasteiger partial charge in [0.25, 0.3) is 5.91 Å². The second-order valence-electron chi connectivity index (χ2n) is 5.78. The molecule has 0 bridgehead atoms. The maximum Gasteiger partial charge on any atom is 0.274 e. The van der Waals surface area contributed by atoms with Crippen LogP contribution in [0, 0.1) is 11.3 Å². The van der Waals surface area contributed by atoms with Crippen LogP contribution in [0.5, 0.6) is 0 Å². The summed E-state index contributed by atoms with van der Waals surface area (Å²) in [5.41, 5.74) is 1.10. The van der Waals surface area contributed by atoms with E-state index in [1.807, 2.05) is 6.07 Å². The Hall–Kier alpha value is -3.02. The SMILES string of the molecule is N#Cc1ccccc1NC(=O)c1cc(NCCN2CCOCC2)ncn1. The summed E-state index contributed by atoms with van der Waals surface area (Å²) >= 11 is 0. The van der Waals surface area contributed by atoms with Gasteiger partial charge in [0.15, 0.2) is 0 Å². The van der Waals surface area contributed by atoms with Gasteiger partial charge in [-0.05, 0) is 12.1 Å². The van der Waals surface area contributed by atoms with Crippen LogP contribution in [0.25, 0.3) is 0 Å². The summed E-state index contributed by atoms with van der Waals surface area (Å²) < 4.78 is 5.32. The van der Waals surface area contributed by atoms with Gasteiger partial charge in [-0.2, -0.15) is 5.26 Å². The highest BCUT2D eigenvalue weighted by Crippen LogP contribution is 2.15. The topological polar surface area (TPSA) is 103 Å². The minimum atomic E-state index is -0.383. The fourth-order valence-electron chi connectivity index (χ4n) is 2.62. The molecule has 0 atom stereocenters. The van der Waals surface area contributed by atoms with Crippen molar-refractivity contribution in [3.8, 4) is 6.07 Å². The van der Waals surface area contributed by atoms with E-state index < -0.39 is 0 Å². The van der Waals surface area contributed by atoms with Gasteiger partial charge in [-0.3, -0.25) is 9.69 Å². The first-order valence-electron chi connectivity index (χ1n) is 8.43. The van der Waals surface area contributed by atoms with Crippen LogP contribution < -0.4 is 10.6 Å². The maximum atomic E-state index is 12.4. The molecule has 2 heterocycles. The first-order valence-corrected chi connectivity index (χ1v) is 8.43. The van der Waals surface area contributed by atoms with Crippen LogP contribution in [0.1, 0.15) is 16.1 Å². The number of hydrogen-bond acceptors (Lipinski definition) is 7. The van der Waals surface area contributed by atoms with Gasteiger partial charge in [-0.25, -0.2) is 9.97 Å². The molecule has 8 heteroatoms. The van der Waals surface area contributed by atoms with E-state index >= 15 is 0 Å². The molecule has 0 spiro atoms. The Morgan fingerprint density at radius 3 is 2.88 bits per heavy atom. The lowest BCUT2D eigenvalue weighted by atomic mass is 10.2.